The van der Waals surface area contributed by atoms with Crippen molar-refractivity contribution < 1.29 is 4.74 Å². The molecule has 1 aliphatic heterocycles. The summed E-state index contributed by atoms with van der Waals surface area (Å²) in [7, 11) is 0. The van der Waals surface area contributed by atoms with E-state index in [1.54, 1.807) is 11.3 Å². The minimum atomic E-state index is 0.327. The van der Waals surface area contributed by atoms with E-state index in [0.717, 1.165) is 35.7 Å². The summed E-state index contributed by atoms with van der Waals surface area (Å²) in [5.41, 5.74) is 2.64. The summed E-state index contributed by atoms with van der Waals surface area (Å²) in [6, 6.07) is 9.76. The van der Waals surface area contributed by atoms with E-state index in [0.29, 0.717) is 11.7 Å². The summed E-state index contributed by atoms with van der Waals surface area (Å²) < 4.78 is 5.76. The Morgan fingerprint density at radius 1 is 1.40 bits per heavy atom. The summed E-state index contributed by atoms with van der Waals surface area (Å²) in [4.78, 5) is 4.68. The number of ether oxygens (including phenoxy) is 1. The van der Waals surface area contributed by atoms with E-state index in [1.807, 2.05) is 24.3 Å². The van der Waals surface area contributed by atoms with E-state index < -0.39 is 0 Å². The van der Waals surface area contributed by atoms with Gasteiger partial charge in [0.15, 0.2) is 0 Å². The van der Waals surface area contributed by atoms with Crippen LogP contribution in [0.4, 0.5) is 0 Å². The number of hydrogen-bond donors (Lipinski definition) is 0. The van der Waals surface area contributed by atoms with Gasteiger partial charge in [-0.3, -0.25) is 0 Å². The van der Waals surface area contributed by atoms with Crippen molar-refractivity contribution >= 4 is 11.3 Å². The molecule has 0 spiro atoms. The summed E-state index contributed by atoms with van der Waals surface area (Å²) in [5, 5.41) is 12.1. The molecule has 0 saturated carbocycles. The number of benzene rings is 1. The molecule has 3 rings (SSSR count). The van der Waals surface area contributed by atoms with Crippen molar-refractivity contribution in [1.82, 2.24) is 4.98 Å². The molecule has 20 heavy (non-hydrogen) atoms. The van der Waals surface area contributed by atoms with Crippen LogP contribution in [-0.2, 0) is 11.2 Å². The summed E-state index contributed by atoms with van der Waals surface area (Å²) in [5.74, 6) is 0. The van der Waals surface area contributed by atoms with Gasteiger partial charge in [0.1, 0.15) is 0 Å². The monoisotopic (exact) mass is 284 g/mol. The Bertz CT molecular complexity index is 623. The number of rotatable bonds is 3. The molecule has 0 N–H and O–H groups in total. The van der Waals surface area contributed by atoms with Crippen molar-refractivity contribution in [2.24, 2.45) is 0 Å². The second-order valence-electron chi connectivity index (χ2n) is 5.01. The summed E-state index contributed by atoms with van der Waals surface area (Å²) >= 11 is 1.68. The fraction of sp³-hybridized carbons (Fsp3) is 0.375. The summed E-state index contributed by atoms with van der Waals surface area (Å²) in [6.07, 6.45) is 4.81. The molecular weight excluding hydrogens is 268 g/mol. The van der Waals surface area contributed by atoms with Crippen LogP contribution in [0.2, 0.25) is 0 Å². The van der Waals surface area contributed by atoms with E-state index in [1.165, 1.54) is 12.8 Å². The van der Waals surface area contributed by atoms with Crippen LogP contribution in [-0.4, -0.2) is 17.7 Å². The third-order valence-corrected chi connectivity index (χ3v) is 4.39. The zero-order valence-electron chi connectivity index (χ0n) is 11.2. The second-order valence-corrected chi connectivity index (χ2v) is 5.95. The Morgan fingerprint density at radius 2 is 2.35 bits per heavy atom. The molecule has 1 fully saturated rings. The maximum atomic E-state index is 8.95. The van der Waals surface area contributed by atoms with E-state index in [4.69, 9.17) is 10.00 Å². The van der Waals surface area contributed by atoms with E-state index in [9.17, 15) is 0 Å². The van der Waals surface area contributed by atoms with E-state index >= 15 is 0 Å². The fourth-order valence-electron chi connectivity index (χ4n) is 2.45. The molecule has 4 heteroatoms. The number of nitrogens with zero attached hydrogens (tertiary/aromatic N) is 2. The molecule has 1 unspecified atom stereocenters. The molecule has 102 valence electrons. The van der Waals surface area contributed by atoms with Gasteiger partial charge in [0.2, 0.25) is 0 Å². The van der Waals surface area contributed by atoms with Crippen LogP contribution in [0.3, 0.4) is 0 Å². The molecule has 0 radical (unpaired) electrons. The molecule has 2 aromatic rings. The topological polar surface area (TPSA) is 45.9 Å². The second kappa shape index (κ2) is 6.17. The predicted octanol–water partition coefficient (Wildman–Crippen LogP) is 3.79. The highest BCUT2D eigenvalue weighted by atomic mass is 32.1. The fourth-order valence-corrected chi connectivity index (χ4v) is 3.32. The molecule has 1 aliphatic rings. The van der Waals surface area contributed by atoms with Crippen LogP contribution < -0.4 is 0 Å². The third kappa shape index (κ3) is 3.06. The van der Waals surface area contributed by atoms with Crippen LogP contribution >= 0.6 is 11.3 Å². The molecule has 0 bridgehead atoms. The van der Waals surface area contributed by atoms with Crippen molar-refractivity contribution in [3.05, 3.63) is 40.2 Å². The quantitative estimate of drug-likeness (QED) is 0.861. The van der Waals surface area contributed by atoms with Crippen LogP contribution in [0.25, 0.3) is 11.3 Å². The Kier molecular flexibility index (Phi) is 4.10. The minimum Gasteiger partial charge on any atom is -0.378 e. The highest BCUT2D eigenvalue weighted by Crippen LogP contribution is 2.25. The number of aromatic nitrogens is 1. The Labute approximate surface area is 122 Å². The van der Waals surface area contributed by atoms with Gasteiger partial charge in [-0.25, -0.2) is 4.98 Å². The molecule has 2 heterocycles. The van der Waals surface area contributed by atoms with Gasteiger partial charge in [0, 0.05) is 24.0 Å². The van der Waals surface area contributed by atoms with Gasteiger partial charge in [0.05, 0.1) is 28.4 Å². The number of nitriles is 1. The Morgan fingerprint density at radius 3 is 3.15 bits per heavy atom. The van der Waals surface area contributed by atoms with Crippen molar-refractivity contribution in [3.63, 3.8) is 0 Å². The molecule has 1 saturated heterocycles. The lowest BCUT2D eigenvalue weighted by molar-refractivity contribution is 0.0168. The van der Waals surface area contributed by atoms with Crippen molar-refractivity contribution in [2.45, 2.75) is 31.8 Å². The summed E-state index contributed by atoms with van der Waals surface area (Å²) in [6.45, 7) is 0.882. The smallest absolute Gasteiger partial charge is 0.0991 e. The van der Waals surface area contributed by atoms with Gasteiger partial charge >= 0.3 is 0 Å². The third-order valence-electron chi connectivity index (χ3n) is 3.52. The maximum absolute atomic E-state index is 8.95. The van der Waals surface area contributed by atoms with Gasteiger partial charge in [0.25, 0.3) is 0 Å². The first-order valence-corrected chi connectivity index (χ1v) is 7.79. The highest BCUT2D eigenvalue weighted by molar-refractivity contribution is 7.09. The van der Waals surface area contributed by atoms with Crippen LogP contribution in [0, 0.1) is 11.3 Å². The minimum absolute atomic E-state index is 0.327. The van der Waals surface area contributed by atoms with E-state index in [-0.39, 0.29) is 0 Å². The van der Waals surface area contributed by atoms with Gasteiger partial charge in [-0.05, 0) is 31.4 Å². The van der Waals surface area contributed by atoms with Crippen LogP contribution in [0.15, 0.2) is 29.6 Å². The Balaban J connectivity index is 1.74. The van der Waals surface area contributed by atoms with Crippen molar-refractivity contribution in [3.8, 4) is 17.3 Å². The molecule has 0 amide bonds. The molecule has 3 nitrogen and oxygen atoms in total. The predicted molar refractivity (Wildman–Crippen MR) is 79.6 cm³/mol. The molecule has 1 aromatic carbocycles. The largest absolute Gasteiger partial charge is 0.378 e. The zero-order chi connectivity index (χ0) is 13.8. The average Bonchev–Trinajstić information content (AvgIpc) is 2.97. The van der Waals surface area contributed by atoms with Crippen LogP contribution in [0.1, 0.15) is 29.8 Å². The lowest BCUT2D eigenvalue weighted by atomic mass is 10.1. The standard InChI is InChI=1S/C16H16N2OS/c17-10-12-4-3-5-13(8-12)15-11-20-16(18-15)9-14-6-1-2-7-19-14/h3-5,8,11,14H,1-2,6-7,9H2. The highest BCUT2D eigenvalue weighted by Gasteiger charge is 2.16. The maximum Gasteiger partial charge on any atom is 0.0991 e. The first-order valence-electron chi connectivity index (χ1n) is 6.92. The van der Waals surface area contributed by atoms with Crippen molar-refractivity contribution in [1.29, 1.82) is 5.26 Å². The normalized spacial score (nSPS) is 18.6. The SMILES string of the molecule is N#Cc1cccc(-c2csc(CC3CCCCO3)n2)c1. The number of thiazole rings is 1. The van der Waals surface area contributed by atoms with Gasteiger partial charge in [-0.2, -0.15) is 5.26 Å². The molecule has 1 atom stereocenters. The molecular formula is C16H16N2OS. The Hall–Kier alpha value is -1.70. The van der Waals surface area contributed by atoms with Gasteiger partial charge in [-0.1, -0.05) is 12.1 Å². The zero-order valence-corrected chi connectivity index (χ0v) is 12.0. The number of hydrogen-bond acceptors (Lipinski definition) is 4. The van der Waals surface area contributed by atoms with Gasteiger partial charge < -0.3 is 4.74 Å². The average molecular weight is 284 g/mol. The van der Waals surface area contributed by atoms with E-state index in [2.05, 4.69) is 16.4 Å². The first kappa shape index (κ1) is 13.3. The molecule has 1 aromatic heterocycles. The first-order chi connectivity index (χ1) is 9.85. The van der Waals surface area contributed by atoms with Crippen LogP contribution in [0.5, 0.6) is 0 Å². The van der Waals surface area contributed by atoms with Crippen molar-refractivity contribution in [2.75, 3.05) is 6.61 Å². The molecule has 0 aliphatic carbocycles. The lowest BCUT2D eigenvalue weighted by Crippen LogP contribution is -2.21. The van der Waals surface area contributed by atoms with Gasteiger partial charge in [-0.15, -0.1) is 11.3 Å². The lowest BCUT2D eigenvalue weighted by Gasteiger charge is -2.21.